The van der Waals surface area contributed by atoms with E-state index in [9.17, 15) is 4.79 Å². The van der Waals surface area contributed by atoms with E-state index in [-0.39, 0.29) is 5.89 Å². The number of hydrogen-bond acceptors (Lipinski definition) is 5. The maximum atomic E-state index is 10.7. The van der Waals surface area contributed by atoms with Crippen molar-refractivity contribution in [3.63, 3.8) is 0 Å². The molecule has 6 heteroatoms. The molecule has 0 radical (unpaired) electrons. The molecule has 0 fully saturated rings. The van der Waals surface area contributed by atoms with Crippen molar-refractivity contribution in [2.24, 2.45) is 0 Å². The van der Waals surface area contributed by atoms with Crippen LogP contribution in [0.3, 0.4) is 0 Å². The molecule has 1 aromatic heterocycles. The standard InChI is InChI=1S/C12H9NO5/c14-12(15)11-13-6-10(18-11)7-1-2-8-9(5-7)17-4-3-16-8/h1-2,5-6H,3-4H2,(H,14,15). The largest absolute Gasteiger partial charge is 0.486 e. The van der Waals surface area contributed by atoms with E-state index in [0.29, 0.717) is 36.0 Å². The number of carboxylic acid groups (broad SMARTS) is 1. The maximum Gasteiger partial charge on any atom is 0.392 e. The number of ether oxygens (including phenoxy) is 2. The summed E-state index contributed by atoms with van der Waals surface area (Å²) in [6, 6.07) is 5.26. The lowest BCUT2D eigenvalue weighted by atomic mass is 10.1. The number of hydrogen-bond donors (Lipinski definition) is 1. The van der Waals surface area contributed by atoms with E-state index in [1.807, 2.05) is 0 Å². The molecule has 1 aromatic carbocycles. The van der Waals surface area contributed by atoms with Gasteiger partial charge < -0.3 is 19.0 Å². The molecule has 1 N–H and O–H groups in total. The summed E-state index contributed by atoms with van der Waals surface area (Å²) < 4.78 is 15.9. The monoisotopic (exact) mass is 247 g/mol. The average Bonchev–Trinajstić information content (AvgIpc) is 2.88. The minimum absolute atomic E-state index is 0.333. The molecular formula is C12H9NO5. The molecule has 3 rings (SSSR count). The average molecular weight is 247 g/mol. The van der Waals surface area contributed by atoms with E-state index in [0.717, 1.165) is 0 Å². The molecule has 0 bridgehead atoms. The molecule has 0 aliphatic carbocycles. The number of benzene rings is 1. The third-order valence-electron chi connectivity index (χ3n) is 2.52. The highest BCUT2D eigenvalue weighted by molar-refractivity contribution is 5.82. The molecule has 6 nitrogen and oxygen atoms in total. The Labute approximate surface area is 102 Å². The predicted molar refractivity (Wildman–Crippen MR) is 59.9 cm³/mol. The van der Waals surface area contributed by atoms with E-state index < -0.39 is 5.97 Å². The van der Waals surface area contributed by atoms with Crippen molar-refractivity contribution in [1.29, 1.82) is 0 Å². The molecule has 2 aromatic rings. The van der Waals surface area contributed by atoms with Crippen LogP contribution in [-0.4, -0.2) is 29.3 Å². The van der Waals surface area contributed by atoms with Crippen molar-refractivity contribution in [2.75, 3.05) is 13.2 Å². The molecule has 92 valence electrons. The predicted octanol–water partition coefficient (Wildman–Crippen LogP) is 1.81. The summed E-state index contributed by atoms with van der Waals surface area (Å²) in [5.41, 5.74) is 0.694. The van der Waals surface area contributed by atoms with Gasteiger partial charge in [0.15, 0.2) is 17.3 Å². The molecular weight excluding hydrogens is 238 g/mol. The summed E-state index contributed by atoms with van der Waals surface area (Å²) >= 11 is 0. The van der Waals surface area contributed by atoms with Crippen molar-refractivity contribution in [1.82, 2.24) is 4.98 Å². The Morgan fingerprint density at radius 2 is 2.00 bits per heavy atom. The summed E-state index contributed by atoms with van der Waals surface area (Å²) in [5.74, 6) is 0.137. The Kier molecular flexibility index (Phi) is 2.40. The van der Waals surface area contributed by atoms with Gasteiger partial charge in [0.1, 0.15) is 13.2 Å². The lowest BCUT2D eigenvalue weighted by molar-refractivity contribution is 0.0654. The number of aromatic nitrogens is 1. The molecule has 1 aliphatic heterocycles. The zero-order chi connectivity index (χ0) is 12.5. The summed E-state index contributed by atoms with van der Waals surface area (Å²) in [7, 11) is 0. The van der Waals surface area contributed by atoms with E-state index >= 15 is 0 Å². The quantitative estimate of drug-likeness (QED) is 0.871. The Balaban J connectivity index is 1.98. The van der Waals surface area contributed by atoms with Crippen LogP contribution in [0.2, 0.25) is 0 Å². The Hall–Kier alpha value is -2.50. The highest BCUT2D eigenvalue weighted by atomic mass is 16.6. The number of carboxylic acids is 1. The number of aromatic carboxylic acids is 1. The maximum absolute atomic E-state index is 10.7. The van der Waals surface area contributed by atoms with Crippen LogP contribution in [-0.2, 0) is 0 Å². The van der Waals surface area contributed by atoms with Crippen LogP contribution >= 0.6 is 0 Å². The zero-order valence-electron chi connectivity index (χ0n) is 9.25. The first-order valence-electron chi connectivity index (χ1n) is 5.33. The molecule has 0 spiro atoms. The summed E-state index contributed by atoms with van der Waals surface area (Å²) in [5, 5.41) is 8.74. The van der Waals surface area contributed by atoms with Gasteiger partial charge in [-0.05, 0) is 18.2 Å². The molecule has 0 saturated heterocycles. The Morgan fingerprint density at radius 3 is 2.72 bits per heavy atom. The molecule has 2 heterocycles. The minimum atomic E-state index is -1.20. The number of carbonyl (C=O) groups is 1. The van der Waals surface area contributed by atoms with E-state index in [2.05, 4.69) is 4.98 Å². The lowest BCUT2D eigenvalue weighted by Gasteiger charge is -2.18. The fourth-order valence-electron chi connectivity index (χ4n) is 1.70. The smallest absolute Gasteiger partial charge is 0.392 e. The summed E-state index contributed by atoms with van der Waals surface area (Å²) in [4.78, 5) is 14.3. The zero-order valence-corrected chi connectivity index (χ0v) is 9.25. The fourth-order valence-corrected chi connectivity index (χ4v) is 1.70. The fraction of sp³-hybridized carbons (Fsp3) is 0.167. The SMILES string of the molecule is O=C(O)c1ncc(-c2ccc3c(c2)OCCO3)o1. The van der Waals surface area contributed by atoms with Crippen molar-refractivity contribution < 1.29 is 23.8 Å². The van der Waals surface area contributed by atoms with Gasteiger partial charge >= 0.3 is 11.9 Å². The second-order valence-corrected chi connectivity index (χ2v) is 3.69. The third kappa shape index (κ3) is 1.77. The van der Waals surface area contributed by atoms with Crippen LogP contribution < -0.4 is 9.47 Å². The number of nitrogens with zero attached hydrogens (tertiary/aromatic N) is 1. The van der Waals surface area contributed by atoms with Crippen molar-refractivity contribution in [2.45, 2.75) is 0 Å². The highest BCUT2D eigenvalue weighted by Gasteiger charge is 2.16. The summed E-state index contributed by atoms with van der Waals surface area (Å²) in [6.45, 7) is 1.02. The van der Waals surface area contributed by atoms with Crippen molar-refractivity contribution in [3.8, 4) is 22.8 Å². The number of rotatable bonds is 2. The van der Waals surface area contributed by atoms with E-state index in [1.165, 1.54) is 6.20 Å². The van der Waals surface area contributed by atoms with Crippen LogP contribution in [0.1, 0.15) is 10.7 Å². The molecule has 1 aliphatic rings. The second-order valence-electron chi connectivity index (χ2n) is 3.69. The van der Waals surface area contributed by atoms with Crippen molar-refractivity contribution >= 4 is 5.97 Å². The Bertz CT molecular complexity index is 604. The van der Waals surface area contributed by atoms with E-state index in [4.69, 9.17) is 19.0 Å². The van der Waals surface area contributed by atoms with Crippen LogP contribution in [0, 0.1) is 0 Å². The van der Waals surface area contributed by atoms with Crippen LogP contribution in [0.15, 0.2) is 28.8 Å². The van der Waals surface area contributed by atoms with Gasteiger partial charge in [0.05, 0.1) is 6.20 Å². The Morgan fingerprint density at radius 1 is 1.22 bits per heavy atom. The highest BCUT2D eigenvalue weighted by Crippen LogP contribution is 2.34. The first-order chi connectivity index (χ1) is 8.74. The third-order valence-corrected chi connectivity index (χ3v) is 2.52. The lowest BCUT2D eigenvalue weighted by Crippen LogP contribution is -2.15. The van der Waals surface area contributed by atoms with Gasteiger partial charge in [0.25, 0.3) is 0 Å². The minimum Gasteiger partial charge on any atom is -0.486 e. The van der Waals surface area contributed by atoms with Gasteiger partial charge in [-0.1, -0.05) is 0 Å². The van der Waals surface area contributed by atoms with Crippen LogP contribution in [0.25, 0.3) is 11.3 Å². The van der Waals surface area contributed by atoms with Crippen molar-refractivity contribution in [3.05, 3.63) is 30.3 Å². The summed E-state index contributed by atoms with van der Waals surface area (Å²) in [6.07, 6.45) is 1.37. The van der Waals surface area contributed by atoms with Crippen LogP contribution in [0.5, 0.6) is 11.5 Å². The first kappa shape index (κ1) is 10.6. The van der Waals surface area contributed by atoms with Gasteiger partial charge in [-0.25, -0.2) is 9.78 Å². The second kappa shape index (κ2) is 4.06. The van der Waals surface area contributed by atoms with Gasteiger partial charge in [0.2, 0.25) is 0 Å². The topological polar surface area (TPSA) is 81.8 Å². The first-order valence-corrected chi connectivity index (χ1v) is 5.33. The van der Waals surface area contributed by atoms with Crippen LogP contribution in [0.4, 0.5) is 0 Å². The van der Waals surface area contributed by atoms with Gasteiger partial charge in [-0.2, -0.15) is 0 Å². The molecule has 18 heavy (non-hydrogen) atoms. The molecule has 0 atom stereocenters. The number of oxazole rings is 1. The number of fused-ring (bicyclic) bond motifs is 1. The van der Waals surface area contributed by atoms with Gasteiger partial charge in [-0.15, -0.1) is 0 Å². The molecule has 0 saturated carbocycles. The normalized spacial score (nSPS) is 13.3. The van der Waals surface area contributed by atoms with E-state index in [1.54, 1.807) is 18.2 Å². The van der Waals surface area contributed by atoms with Gasteiger partial charge in [0, 0.05) is 5.56 Å². The molecule has 0 unspecified atom stereocenters. The van der Waals surface area contributed by atoms with Gasteiger partial charge in [-0.3, -0.25) is 0 Å². The molecule has 0 amide bonds.